The van der Waals surface area contributed by atoms with Crippen LogP contribution in [0, 0.1) is 0 Å². The Morgan fingerprint density at radius 1 is 1.41 bits per heavy atom. The lowest BCUT2D eigenvalue weighted by atomic mass is 10.2. The predicted octanol–water partition coefficient (Wildman–Crippen LogP) is 0.248. The second kappa shape index (κ2) is 7.63. The minimum absolute atomic E-state index is 0.179. The topological polar surface area (TPSA) is 50.8 Å². The average molecular weight is 244 g/mol. The van der Waals surface area contributed by atoms with Crippen LogP contribution in [0.5, 0.6) is 0 Å². The molecule has 1 aliphatic heterocycles. The lowest BCUT2D eigenvalue weighted by Gasteiger charge is -2.30. The Morgan fingerprint density at radius 2 is 2.06 bits per heavy atom. The SMILES string of the molecule is CCOC(=O)C(C)NC(C)CN1CCOCC1. The monoisotopic (exact) mass is 244 g/mol. The minimum Gasteiger partial charge on any atom is -0.465 e. The maximum Gasteiger partial charge on any atom is 0.322 e. The summed E-state index contributed by atoms with van der Waals surface area (Å²) in [7, 11) is 0. The molecule has 0 amide bonds. The highest BCUT2D eigenvalue weighted by molar-refractivity contribution is 5.75. The summed E-state index contributed by atoms with van der Waals surface area (Å²) in [6.07, 6.45) is 0. The fourth-order valence-corrected chi connectivity index (χ4v) is 1.99. The highest BCUT2D eigenvalue weighted by atomic mass is 16.5. The van der Waals surface area contributed by atoms with E-state index in [0.717, 1.165) is 32.8 Å². The molecule has 1 N–H and O–H groups in total. The van der Waals surface area contributed by atoms with Crippen molar-refractivity contribution in [1.29, 1.82) is 0 Å². The van der Waals surface area contributed by atoms with Crippen molar-refractivity contribution in [2.24, 2.45) is 0 Å². The predicted molar refractivity (Wildman–Crippen MR) is 66.0 cm³/mol. The fraction of sp³-hybridized carbons (Fsp3) is 0.917. The van der Waals surface area contributed by atoms with Crippen molar-refractivity contribution in [3.63, 3.8) is 0 Å². The van der Waals surface area contributed by atoms with Gasteiger partial charge in [0.05, 0.1) is 19.8 Å². The number of hydrogen-bond donors (Lipinski definition) is 1. The molecule has 1 saturated heterocycles. The van der Waals surface area contributed by atoms with E-state index in [9.17, 15) is 4.79 Å². The summed E-state index contributed by atoms with van der Waals surface area (Å²) >= 11 is 0. The molecule has 0 aliphatic carbocycles. The normalized spacial score (nSPS) is 20.9. The second-order valence-electron chi connectivity index (χ2n) is 4.45. The minimum atomic E-state index is -0.244. The average Bonchev–Trinajstić information content (AvgIpc) is 2.30. The van der Waals surface area contributed by atoms with Crippen LogP contribution in [-0.4, -0.2) is 62.4 Å². The van der Waals surface area contributed by atoms with Gasteiger partial charge in [-0.3, -0.25) is 9.69 Å². The van der Waals surface area contributed by atoms with Gasteiger partial charge in [0.2, 0.25) is 0 Å². The van der Waals surface area contributed by atoms with Crippen molar-refractivity contribution in [1.82, 2.24) is 10.2 Å². The molecule has 0 bridgehead atoms. The van der Waals surface area contributed by atoms with Gasteiger partial charge in [-0.05, 0) is 20.8 Å². The molecule has 17 heavy (non-hydrogen) atoms. The zero-order valence-corrected chi connectivity index (χ0v) is 11.1. The lowest BCUT2D eigenvalue weighted by Crippen LogP contribution is -2.48. The number of carbonyl (C=O) groups is 1. The molecule has 5 nitrogen and oxygen atoms in total. The van der Waals surface area contributed by atoms with Crippen molar-refractivity contribution in [3.05, 3.63) is 0 Å². The molecule has 2 atom stereocenters. The fourth-order valence-electron chi connectivity index (χ4n) is 1.99. The van der Waals surface area contributed by atoms with Crippen LogP contribution in [0.15, 0.2) is 0 Å². The Labute approximate surface area is 103 Å². The standard InChI is InChI=1S/C12H24N2O3/c1-4-17-12(15)11(3)13-10(2)9-14-5-7-16-8-6-14/h10-11,13H,4-9H2,1-3H3. The summed E-state index contributed by atoms with van der Waals surface area (Å²) in [5, 5.41) is 3.25. The molecule has 1 fully saturated rings. The summed E-state index contributed by atoms with van der Waals surface area (Å²) in [5.74, 6) is -0.179. The van der Waals surface area contributed by atoms with Crippen LogP contribution in [-0.2, 0) is 14.3 Å². The van der Waals surface area contributed by atoms with E-state index < -0.39 is 0 Å². The maximum atomic E-state index is 11.5. The third-order valence-electron chi connectivity index (χ3n) is 2.81. The van der Waals surface area contributed by atoms with Gasteiger partial charge in [0.1, 0.15) is 6.04 Å². The number of hydrogen-bond acceptors (Lipinski definition) is 5. The molecule has 0 aromatic rings. The first-order valence-corrected chi connectivity index (χ1v) is 6.36. The summed E-state index contributed by atoms with van der Waals surface area (Å²) in [5.41, 5.74) is 0. The van der Waals surface area contributed by atoms with Crippen LogP contribution in [0.25, 0.3) is 0 Å². The van der Waals surface area contributed by atoms with Crippen molar-refractivity contribution in [2.75, 3.05) is 39.5 Å². The van der Waals surface area contributed by atoms with Crippen molar-refractivity contribution in [3.8, 4) is 0 Å². The molecule has 0 radical (unpaired) electrons. The Hall–Kier alpha value is -0.650. The molecule has 1 aliphatic rings. The Balaban J connectivity index is 2.22. The van der Waals surface area contributed by atoms with E-state index in [1.54, 1.807) is 0 Å². The Kier molecular flexibility index (Phi) is 6.47. The summed E-state index contributed by atoms with van der Waals surface area (Å²) in [4.78, 5) is 13.8. The molecule has 0 aromatic heterocycles. The third kappa shape index (κ3) is 5.48. The molecule has 1 heterocycles. The van der Waals surface area contributed by atoms with Crippen molar-refractivity contribution in [2.45, 2.75) is 32.9 Å². The van der Waals surface area contributed by atoms with E-state index in [2.05, 4.69) is 17.1 Å². The number of nitrogens with one attached hydrogen (secondary N) is 1. The van der Waals surface area contributed by atoms with E-state index in [1.807, 2.05) is 13.8 Å². The smallest absolute Gasteiger partial charge is 0.322 e. The molecule has 100 valence electrons. The van der Waals surface area contributed by atoms with Crippen molar-refractivity contribution < 1.29 is 14.3 Å². The first-order chi connectivity index (χ1) is 8.13. The van der Waals surface area contributed by atoms with E-state index >= 15 is 0 Å². The van der Waals surface area contributed by atoms with Gasteiger partial charge in [0.15, 0.2) is 0 Å². The summed E-state index contributed by atoms with van der Waals surface area (Å²) in [6.45, 7) is 10.7. The van der Waals surface area contributed by atoms with E-state index in [0.29, 0.717) is 6.61 Å². The van der Waals surface area contributed by atoms with Gasteiger partial charge < -0.3 is 14.8 Å². The summed E-state index contributed by atoms with van der Waals surface area (Å²) < 4.78 is 10.3. The van der Waals surface area contributed by atoms with Crippen LogP contribution < -0.4 is 5.32 Å². The van der Waals surface area contributed by atoms with Crippen LogP contribution >= 0.6 is 0 Å². The molecule has 0 spiro atoms. The van der Waals surface area contributed by atoms with Crippen LogP contribution in [0.3, 0.4) is 0 Å². The van der Waals surface area contributed by atoms with E-state index in [-0.39, 0.29) is 18.1 Å². The first-order valence-electron chi connectivity index (χ1n) is 6.36. The van der Waals surface area contributed by atoms with Crippen LogP contribution in [0.1, 0.15) is 20.8 Å². The number of esters is 1. The second-order valence-corrected chi connectivity index (χ2v) is 4.45. The van der Waals surface area contributed by atoms with Gasteiger partial charge in [-0.15, -0.1) is 0 Å². The number of ether oxygens (including phenoxy) is 2. The van der Waals surface area contributed by atoms with Gasteiger partial charge in [-0.2, -0.15) is 0 Å². The molecule has 1 rings (SSSR count). The van der Waals surface area contributed by atoms with Gasteiger partial charge in [-0.1, -0.05) is 0 Å². The zero-order chi connectivity index (χ0) is 12.7. The number of nitrogens with zero attached hydrogens (tertiary/aromatic N) is 1. The lowest BCUT2D eigenvalue weighted by molar-refractivity contribution is -0.145. The van der Waals surface area contributed by atoms with Gasteiger partial charge >= 0.3 is 5.97 Å². The van der Waals surface area contributed by atoms with Crippen LogP contribution in [0.2, 0.25) is 0 Å². The van der Waals surface area contributed by atoms with Gasteiger partial charge in [-0.25, -0.2) is 0 Å². The van der Waals surface area contributed by atoms with Gasteiger partial charge in [0.25, 0.3) is 0 Å². The molecule has 0 saturated carbocycles. The maximum absolute atomic E-state index is 11.5. The van der Waals surface area contributed by atoms with E-state index in [4.69, 9.17) is 9.47 Å². The van der Waals surface area contributed by atoms with Crippen molar-refractivity contribution >= 4 is 5.97 Å². The zero-order valence-electron chi connectivity index (χ0n) is 11.1. The molecule has 5 heteroatoms. The highest BCUT2D eigenvalue weighted by Crippen LogP contribution is 1.99. The summed E-state index contributed by atoms with van der Waals surface area (Å²) in [6, 6.07) is 0.0264. The van der Waals surface area contributed by atoms with Crippen LogP contribution in [0.4, 0.5) is 0 Å². The number of morpholine rings is 1. The van der Waals surface area contributed by atoms with E-state index in [1.165, 1.54) is 0 Å². The Morgan fingerprint density at radius 3 is 2.65 bits per heavy atom. The number of carbonyl (C=O) groups excluding carboxylic acids is 1. The molecule has 0 aromatic carbocycles. The third-order valence-corrected chi connectivity index (χ3v) is 2.81. The highest BCUT2D eigenvalue weighted by Gasteiger charge is 2.18. The molecule has 2 unspecified atom stereocenters. The number of rotatable bonds is 6. The Bertz CT molecular complexity index is 230. The molecular formula is C12H24N2O3. The van der Waals surface area contributed by atoms with Gasteiger partial charge in [0, 0.05) is 25.7 Å². The first kappa shape index (κ1) is 14.4. The largest absolute Gasteiger partial charge is 0.465 e. The molecular weight excluding hydrogens is 220 g/mol. The quantitative estimate of drug-likeness (QED) is 0.679.